The molecule has 7 heteroatoms. The zero-order valence-corrected chi connectivity index (χ0v) is 21.3. The van der Waals surface area contributed by atoms with Crippen molar-refractivity contribution in [3.63, 3.8) is 0 Å². The minimum Gasteiger partial charge on any atom is -0.450 e. The molecule has 0 bridgehead atoms. The minimum atomic E-state index is -1.77. The number of carbonyl (C=O) groups excluding carboxylic acids is 2. The molecule has 1 atom stereocenters. The molecule has 7 rings (SSSR count). The first-order valence-corrected chi connectivity index (χ1v) is 12.7. The molecule has 5 aromatic rings. The number of aromatic nitrogens is 1. The largest absolute Gasteiger partial charge is 0.450 e. The van der Waals surface area contributed by atoms with Gasteiger partial charge in [-0.1, -0.05) is 60.2 Å². The quantitative estimate of drug-likeness (QED) is 0.329. The van der Waals surface area contributed by atoms with E-state index in [9.17, 15) is 14.4 Å². The summed E-state index contributed by atoms with van der Waals surface area (Å²) in [7, 11) is 0. The number of hydrogen-bond acceptors (Lipinski definition) is 5. The van der Waals surface area contributed by atoms with Gasteiger partial charge in [0.25, 0.3) is 11.8 Å². The van der Waals surface area contributed by atoms with Crippen molar-refractivity contribution < 1.29 is 14.0 Å². The van der Waals surface area contributed by atoms with Crippen LogP contribution in [-0.4, -0.2) is 16.8 Å². The first kappa shape index (κ1) is 23.1. The van der Waals surface area contributed by atoms with Crippen LogP contribution in [0.15, 0.2) is 100 Å². The van der Waals surface area contributed by atoms with E-state index in [1.165, 1.54) is 4.90 Å². The Labute approximate surface area is 223 Å². The number of anilines is 2. The Kier molecular flexibility index (Phi) is 4.88. The Morgan fingerprint density at radius 1 is 0.846 bits per heavy atom. The number of amides is 2. The van der Waals surface area contributed by atoms with Crippen LogP contribution in [-0.2, 0) is 16.9 Å². The second-order valence-electron chi connectivity index (χ2n) is 10.1. The van der Waals surface area contributed by atoms with Crippen LogP contribution in [0, 0.1) is 13.8 Å². The second kappa shape index (κ2) is 8.23. The van der Waals surface area contributed by atoms with Crippen molar-refractivity contribution in [3.8, 4) is 0 Å². The van der Waals surface area contributed by atoms with Crippen LogP contribution in [0.5, 0.6) is 0 Å². The molecule has 2 aromatic heterocycles. The Bertz CT molecular complexity index is 1910. The number of carbonyl (C=O) groups is 2. The van der Waals surface area contributed by atoms with E-state index in [1.54, 1.807) is 41.4 Å². The standard InChI is InChI=1S/C32H23N3O4/c1-19-8-7-9-21(16-19)18-34-24-12-5-4-11-23(24)32(31(34)38)27-28(36)22-10-3-6-13-25(22)39-29(27)30(37)35(32)26-17-20(2)14-15-33-26/h3-17H,18H2,1-2H3. The van der Waals surface area contributed by atoms with E-state index in [0.29, 0.717) is 22.2 Å². The van der Waals surface area contributed by atoms with Gasteiger partial charge in [-0.2, -0.15) is 0 Å². The predicted octanol–water partition coefficient (Wildman–Crippen LogP) is 5.26. The highest BCUT2D eigenvalue weighted by Crippen LogP contribution is 2.54. The zero-order valence-electron chi connectivity index (χ0n) is 21.3. The lowest BCUT2D eigenvalue weighted by atomic mass is 9.84. The van der Waals surface area contributed by atoms with Gasteiger partial charge in [0.1, 0.15) is 11.4 Å². The van der Waals surface area contributed by atoms with Crippen LogP contribution >= 0.6 is 0 Å². The molecule has 7 nitrogen and oxygen atoms in total. The van der Waals surface area contributed by atoms with Gasteiger partial charge in [0.15, 0.2) is 11.0 Å². The van der Waals surface area contributed by atoms with Crippen LogP contribution < -0.4 is 15.2 Å². The van der Waals surface area contributed by atoms with Crippen LogP contribution in [0.4, 0.5) is 11.5 Å². The first-order valence-electron chi connectivity index (χ1n) is 12.7. The normalized spacial score (nSPS) is 17.8. The van der Waals surface area contributed by atoms with Gasteiger partial charge in [-0.25, -0.2) is 4.98 Å². The molecule has 0 saturated carbocycles. The number of rotatable bonds is 3. The number of para-hydroxylation sites is 2. The highest BCUT2D eigenvalue weighted by molar-refractivity contribution is 6.24. The maximum absolute atomic E-state index is 14.9. The van der Waals surface area contributed by atoms with Gasteiger partial charge < -0.3 is 9.32 Å². The molecule has 0 fully saturated rings. The van der Waals surface area contributed by atoms with E-state index in [-0.39, 0.29) is 23.7 Å². The monoisotopic (exact) mass is 513 g/mol. The first-order chi connectivity index (χ1) is 18.9. The van der Waals surface area contributed by atoms with Crippen LogP contribution in [0.3, 0.4) is 0 Å². The Morgan fingerprint density at radius 2 is 1.62 bits per heavy atom. The molecule has 1 unspecified atom stereocenters. The molecule has 3 aromatic carbocycles. The molecule has 0 radical (unpaired) electrons. The van der Waals surface area contributed by atoms with E-state index in [1.807, 2.05) is 68.4 Å². The highest BCUT2D eigenvalue weighted by atomic mass is 16.3. The fourth-order valence-electron chi connectivity index (χ4n) is 5.95. The number of pyridine rings is 1. The molecule has 0 saturated heterocycles. The summed E-state index contributed by atoms with van der Waals surface area (Å²) in [5, 5.41) is 0.310. The molecule has 0 aliphatic carbocycles. The third-order valence-electron chi connectivity index (χ3n) is 7.58. The van der Waals surface area contributed by atoms with Crippen molar-refractivity contribution in [2.24, 2.45) is 0 Å². The number of nitrogens with zero attached hydrogens (tertiary/aromatic N) is 3. The molecule has 1 spiro atoms. The van der Waals surface area contributed by atoms with Crippen LogP contribution in [0.2, 0.25) is 0 Å². The number of benzene rings is 3. The molecule has 2 aliphatic heterocycles. The molecule has 39 heavy (non-hydrogen) atoms. The number of aryl methyl sites for hydroxylation is 2. The summed E-state index contributed by atoms with van der Waals surface area (Å²) in [5.74, 6) is -0.840. The van der Waals surface area contributed by atoms with E-state index < -0.39 is 22.8 Å². The molecular weight excluding hydrogens is 490 g/mol. The third-order valence-corrected chi connectivity index (χ3v) is 7.58. The summed E-state index contributed by atoms with van der Waals surface area (Å²) in [5.41, 5.74) is 2.19. The summed E-state index contributed by atoms with van der Waals surface area (Å²) < 4.78 is 6.11. The second-order valence-corrected chi connectivity index (χ2v) is 10.1. The summed E-state index contributed by atoms with van der Waals surface area (Å²) in [4.78, 5) is 50.8. The number of fused-ring (bicyclic) bond motifs is 5. The topological polar surface area (TPSA) is 83.7 Å². The highest BCUT2D eigenvalue weighted by Gasteiger charge is 2.66. The maximum atomic E-state index is 14.9. The lowest BCUT2D eigenvalue weighted by molar-refractivity contribution is -0.121. The molecule has 2 aliphatic rings. The van der Waals surface area contributed by atoms with Gasteiger partial charge >= 0.3 is 0 Å². The zero-order chi connectivity index (χ0) is 26.9. The Hall–Kier alpha value is -5.04. The van der Waals surface area contributed by atoms with Crippen LogP contribution in [0.1, 0.15) is 38.4 Å². The lowest BCUT2D eigenvalue weighted by Gasteiger charge is -2.33. The van der Waals surface area contributed by atoms with Crippen molar-refractivity contribution in [2.75, 3.05) is 9.80 Å². The average molecular weight is 514 g/mol. The van der Waals surface area contributed by atoms with Gasteiger partial charge in [-0.05, 0) is 55.3 Å². The maximum Gasteiger partial charge on any atom is 0.297 e. The molecule has 190 valence electrons. The fraction of sp³-hybridized carbons (Fsp3) is 0.125. The Balaban J connectivity index is 1.57. The van der Waals surface area contributed by atoms with Crippen LogP contribution in [0.25, 0.3) is 11.0 Å². The summed E-state index contributed by atoms with van der Waals surface area (Å²) in [6, 6.07) is 25.6. The van der Waals surface area contributed by atoms with Gasteiger partial charge in [-0.3, -0.25) is 19.3 Å². The van der Waals surface area contributed by atoms with E-state index in [0.717, 1.165) is 16.7 Å². The summed E-state index contributed by atoms with van der Waals surface area (Å²) in [6.45, 7) is 4.16. The molecule has 4 heterocycles. The van der Waals surface area contributed by atoms with Gasteiger partial charge in [0, 0.05) is 11.8 Å². The van der Waals surface area contributed by atoms with Crippen molar-refractivity contribution in [3.05, 3.63) is 135 Å². The average Bonchev–Trinajstić information content (AvgIpc) is 3.33. The predicted molar refractivity (Wildman–Crippen MR) is 148 cm³/mol. The SMILES string of the molecule is Cc1cccc(CN2C(=O)C3(c4ccccc42)c2c(oc4ccccc4c2=O)C(=O)N3c2cc(C)ccn2)c1. The lowest BCUT2D eigenvalue weighted by Crippen LogP contribution is -2.54. The van der Waals surface area contributed by atoms with Crippen molar-refractivity contribution >= 4 is 34.3 Å². The van der Waals surface area contributed by atoms with E-state index in [4.69, 9.17) is 4.42 Å². The summed E-state index contributed by atoms with van der Waals surface area (Å²) in [6.07, 6.45) is 1.59. The van der Waals surface area contributed by atoms with Gasteiger partial charge in [0.05, 0.1) is 23.2 Å². The number of hydrogen-bond donors (Lipinski definition) is 0. The van der Waals surface area contributed by atoms with Gasteiger partial charge in [-0.15, -0.1) is 0 Å². The fourth-order valence-corrected chi connectivity index (χ4v) is 5.95. The summed E-state index contributed by atoms with van der Waals surface area (Å²) >= 11 is 0. The third kappa shape index (κ3) is 3.10. The molecule has 0 N–H and O–H groups in total. The van der Waals surface area contributed by atoms with Crippen molar-refractivity contribution in [2.45, 2.75) is 25.9 Å². The Morgan fingerprint density at radius 3 is 2.44 bits per heavy atom. The molecular formula is C32H23N3O4. The smallest absolute Gasteiger partial charge is 0.297 e. The van der Waals surface area contributed by atoms with Crippen molar-refractivity contribution in [1.29, 1.82) is 0 Å². The van der Waals surface area contributed by atoms with Crippen molar-refractivity contribution in [1.82, 2.24) is 4.98 Å². The van der Waals surface area contributed by atoms with E-state index >= 15 is 0 Å². The van der Waals surface area contributed by atoms with Gasteiger partial charge in [0.2, 0.25) is 5.76 Å². The van der Waals surface area contributed by atoms with E-state index in [2.05, 4.69) is 4.98 Å². The minimum absolute atomic E-state index is 0.0266. The molecule has 2 amide bonds.